The molecule has 0 fully saturated rings. The van der Waals surface area contributed by atoms with Gasteiger partial charge >= 0.3 is 0 Å². The van der Waals surface area contributed by atoms with E-state index in [4.69, 9.17) is 10.7 Å². The Morgan fingerprint density at radius 2 is 2.06 bits per heavy atom. The summed E-state index contributed by atoms with van der Waals surface area (Å²) in [4.78, 5) is 0.182. The van der Waals surface area contributed by atoms with Crippen LogP contribution in [0.3, 0.4) is 0 Å². The van der Waals surface area contributed by atoms with Gasteiger partial charge in [0, 0.05) is 34.3 Å². The first kappa shape index (κ1) is 11.5. The summed E-state index contributed by atoms with van der Waals surface area (Å²) < 4.78 is 24.8. The second kappa shape index (κ2) is 3.79. The normalized spacial score (nSPS) is 12.2. The van der Waals surface area contributed by atoms with Gasteiger partial charge in [0.2, 0.25) is 0 Å². The second-order valence-electron chi connectivity index (χ2n) is 3.68. The molecule has 86 valence electrons. The minimum absolute atomic E-state index is 0.182. The van der Waals surface area contributed by atoms with Crippen LogP contribution in [0.1, 0.15) is 12.6 Å². The molecule has 0 bridgehead atoms. The minimum Gasteiger partial charge on any atom is -0.348 e. The molecule has 0 amide bonds. The van der Waals surface area contributed by atoms with Gasteiger partial charge in [0.15, 0.2) is 0 Å². The molecule has 0 atom stereocenters. The molecule has 5 heteroatoms. The fourth-order valence-electron chi connectivity index (χ4n) is 1.94. The molecular weight excluding hydrogens is 246 g/mol. The highest BCUT2D eigenvalue weighted by Gasteiger charge is 2.16. The Kier molecular flexibility index (Phi) is 2.72. The van der Waals surface area contributed by atoms with E-state index < -0.39 is 9.05 Å². The molecule has 0 aliphatic rings. The molecule has 0 spiro atoms. The maximum atomic E-state index is 11.4. The summed E-state index contributed by atoms with van der Waals surface area (Å²) in [5.74, 6) is 0. The van der Waals surface area contributed by atoms with E-state index in [1.807, 2.05) is 30.7 Å². The molecule has 0 saturated heterocycles. The smallest absolute Gasteiger partial charge is 0.261 e. The van der Waals surface area contributed by atoms with Crippen molar-refractivity contribution in [3.63, 3.8) is 0 Å². The van der Waals surface area contributed by atoms with Crippen LogP contribution in [-0.4, -0.2) is 13.0 Å². The highest BCUT2D eigenvalue weighted by atomic mass is 35.7. The van der Waals surface area contributed by atoms with Crippen molar-refractivity contribution in [3.8, 4) is 0 Å². The Bertz CT molecular complexity index is 643. The first-order valence-corrected chi connectivity index (χ1v) is 7.28. The highest BCUT2D eigenvalue weighted by molar-refractivity contribution is 8.14. The van der Waals surface area contributed by atoms with Crippen LogP contribution in [-0.2, 0) is 22.5 Å². The molecule has 2 rings (SSSR count). The van der Waals surface area contributed by atoms with Crippen LogP contribution in [0.15, 0.2) is 29.2 Å². The van der Waals surface area contributed by atoms with Gasteiger partial charge in [0.1, 0.15) is 0 Å². The predicted molar refractivity (Wildman–Crippen MR) is 65.3 cm³/mol. The van der Waals surface area contributed by atoms with Crippen molar-refractivity contribution in [1.29, 1.82) is 0 Å². The topological polar surface area (TPSA) is 39.1 Å². The molecule has 0 N–H and O–H groups in total. The quantitative estimate of drug-likeness (QED) is 0.776. The van der Waals surface area contributed by atoms with E-state index in [1.165, 1.54) is 6.07 Å². The third-order valence-corrected chi connectivity index (χ3v) is 4.15. The lowest BCUT2D eigenvalue weighted by Gasteiger charge is -2.01. The van der Waals surface area contributed by atoms with Gasteiger partial charge in [0.25, 0.3) is 9.05 Å². The molecule has 0 saturated carbocycles. The molecule has 1 heterocycles. The van der Waals surface area contributed by atoms with Crippen LogP contribution in [0.5, 0.6) is 0 Å². The van der Waals surface area contributed by atoms with Gasteiger partial charge in [0.05, 0.1) is 4.90 Å². The maximum Gasteiger partial charge on any atom is 0.261 e. The third-order valence-electron chi connectivity index (χ3n) is 2.77. The van der Waals surface area contributed by atoms with E-state index in [9.17, 15) is 8.42 Å². The van der Waals surface area contributed by atoms with Crippen molar-refractivity contribution in [2.45, 2.75) is 18.2 Å². The number of aromatic nitrogens is 1. The second-order valence-corrected chi connectivity index (χ2v) is 6.21. The maximum absolute atomic E-state index is 11.4. The zero-order chi connectivity index (χ0) is 11.9. The molecular formula is C11H12ClNO2S. The first-order valence-electron chi connectivity index (χ1n) is 4.97. The van der Waals surface area contributed by atoms with Crippen LogP contribution in [0.4, 0.5) is 0 Å². The Labute approximate surface area is 99.1 Å². The third kappa shape index (κ3) is 1.72. The minimum atomic E-state index is -3.68. The Morgan fingerprint density at radius 1 is 1.38 bits per heavy atom. The Morgan fingerprint density at radius 3 is 2.62 bits per heavy atom. The number of halogens is 1. The van der Waals surface area contributed by atoms with Gasteiger partial charge in [-0.25, -0.2) is 8.42 Å². The molecule has 2 aromatic rings. The van der Waals surface area contributed by atoms with Crippen LogP contribution >= 0.6 is 10.7 Å². The molecule has 16 heavy (non-hydrogen) atoms. The lowest BCUT2D eigenvalue weighted by Crippen LogP contribution is -1.94. The lowest BCUT2D eigenvalue weighted by atomic mass is 10.2. The van der Waals surface area contributed by atoms with Gasteiger partial charge < -0.3 is 4.57 Å². The highest BCUT2D eigenvalue weighted by Crippen LogP contribution is 2.28. The first-order chi connectivity index (χ1) is 7.45. The molecule has 1 aromatic carbocycles. The van der Waals surface area contributed by atoms with Gasteiger partial charge in [-0.3, -0.25) is 0 Å². The number of hydrogen-bond donors (Lipinski definition) is 0. The molecule has 0 aliphatic heterocycles. The fourth-order valence-corrected chi connectivity index (χ4v) is 3.01. The monoisotopic (exact) mass is 257 g/mol. The SMILES string of the molecule is CCc1cc2c(S(=O)(=O)Cl)cccc2n1C. The standard InChI is InChI=1S/C11H12ClNO2S/c1-3-8-7-9-10(13(8)2)5-4-6-11(9)16(12,14)15/h4-7H,3H2,1-2H3. The predicted octanol–water partition coefficient (Wildman–Crippen LogP) is 2.67. The van der Waals surface area contributed by atoms with Crippen molar-refractivity contribution in [2.75, 3.05) is 0 Å². The number of fused-ring (bicyclic) bond motifs is 1. The Hall–Kier alpha value is -1.00. The van der Waals surface area contributed by atoms with Crippen LogP contribution in [0, 0.1) is 0 Å². The average Bonchev–Trinajstić information content (AvgIpc) is 2.54. The van der Waals surface area contributed by atoms with Crippen molar-refractivity contribution < 1.29 is 8.42 Å². The molecule has 0 aliphatic carbocycles. The number of rotatable bonds is 2. The van der Waals surface area contributed by atoms with Gasteiger partial charge in [-0.15, -0.1) is 0 Å². The van der Waals surface area contributed by atoms with E-state index >= 15 is 0 Å². The number of nitrogens with zero attached hydrogens (tertiary/aromatic N) is 1. The van der Waals surface area contributed by atoms with E-state index in [0.717, 1.165) is 17.6 Å². The summed E-state index contributed by atoms with van der Waals surface area (Å²) in [6, 6.07) is 7.01. The molecule has 0 radical (unpaired) electrons. The summed E-state index contributed by atoms with van der Waals surface area (Å²) in [6.45, 7) is 2.03. The van der Waals surface area contributed by atoms with Crippen molar-refractivity contribution in [3.05, 3.63) is 30.0 Å². The van der Waals surface area contributed by atoms with Gasteiger partial charge in [-0.05, 0) is 24.6 Å². The van der Waals surface area contributed by atoms with E-state index in [1.54, 1.807) is 6.07 Å². The fraction of sp³-hybridized carbons (Fsp3) is 0.273. The van der Waals surface area contributed by atoms with Crippen LogP contribution in [0.2, 0.25) is 0 Å². The van der Waals surface area contributed by atoms with Crippen LogP contribution in [0.25, 0.3) is 10.9 Å². The van der Waals surface area contributed by atoms with Gasteiger partial charge in [-0.2, -0.15) is 0 Å². The van der Waals surface area contributed by atoms with Crippen molar-refractivity contribution >= 4 is 30.6 Å². The zero-order valence-electron chi connectivity index (χ0n) is 9.07. The zero-order valence-corrected chi connectivity index (χ0v) is 10.6. The summed E-state index contributed by atoms with van der Waals surface area (Å²) in [5.41, 5.74) is 1.97. The number of benzene rings is 1. The lowest BCUT2D eigenvalue weighted by molar-refractivity contribution is 0.610. The van der Waals surface area contributed by atoms with Crippen molar-refractivity contribution in [2.24, 2.45) is 7.05 Å². The Balaban J connectivity index is 2.89. The molecule has 0 unspecified atom stereocenters. The van der Waals surface area contributed by atoms with Crippen LogP contribution < -0.4 is 0 Å². The van der Waals surface area contributed by atoms with E-state index in [0.29, 0.717) is 5.39 Å². The molecule has 1 aromatic heterocycles. The average molecular weight is 258 g/mol. The molecule has 3 nitrogen and oxygen atoms in total. The largest absolute Gasteiger partial charge is 0.348 e. The van der Waals surface area contributed by atoms with Gasteiger partial charge in [-0.1, -0.05) is 13.0 Å². The summed E-state index contributed by atoms with van der Waals surface area (Å²) in [6.07, 6.45) is 0.854. The van der Waals surface area contributed by atoms with E-state index in [-0.39, 0.29) is 4.90 Å². The summed E-state index contributed by atoms with van der Waals surface area (Å²) in [7, 11) is 3.65. The summed E-state index contributed by atoms with van der Waals surface area (Å²) in [5, 5.41) is 0.692. The number of aryl methyl sites for hydroxylation is 2. The number of hydrogen-bond acceptors (Lipinski definition) is 2. The summed E-state index contributed by atoms with van der Waals surface area (Å²) >= 11 is 0. The van der Waals surface area contributed by atoms with Crippen molar-refractivity contribution in [1.82, 2.24) is 4.57 Å². The van der Waals surface area contributed by atoms with E-state index in [2.05, 4.69) is 0 Å².